The minimum absolute atomic E-state index is 0.0452. The Balaban J connectivity index is 2.18. The number of amides is 1. The predicted molar refractivity (Wildman–Crippen MR) is 96.2 cm³/mol. The average molecular weight is 363 g/mol. The van der Waals surface area contributed by atoms with Crippen LogP contribution in [-0.2, 0) is 0 Å². The Bertz CT molecular complexity index is 792. The van der Waals surface area contributed by atoms with Gasteiger partial charge in [0.1, 0.15) is 5.75 Å². The van der Waals surface area contributed by atoms with Gasteiger partial charge in [0.2, 0.25) is 0 Å². The van der Waals surface area contributed by atoms with Gasteiger partial charge in [-0.3, -0.25) is 14.9 Å². The first-order chi connectivity index (χ1) is 11.8. The molecule has 0 saturated carbocycles. The van der Waals surface area contributed by atoms with Crippen LogP contribution in [-0.4, -0.2) is 16.9 Å². The Labute approximate surface area is 150 Å². The van der Waals surface area contributed by atoms with Gasteiger partial charge in [-0.1, -0.05) is 23.7 Å². The van der Waals surface area contributed by atoms with Gasteiger partial charge in [-0.05, 0) is 44.5 Å². The van der Waals surface area contributed by atoms with Crippen LogP contribution in [0.1, 0.15) is 42.7 Å². The lowest BCUT2D eigenvalue weighted by molar-refractivity contribution is -0.384. The number of ether oxygens (including phenoxy) is 1. The quantitative estimate of drug-likeness (QED) is 0.604. The number of benzene rings is 2. The van der Waals surface area contributed by atoms with Gasteiger partial charge in [0.25, 0.3) is 11.6 Å². The number of hydrogen-bond donors (Lipinski definition) is 1. The van der Waals surface area contributed by atoms with Crippen LogP contribution in [0.5, 0.6) is 5.75 Å². The maximum atomic E-state index is 12.4. The van der Waals surface area contributed by atoms with Gasteiger partial charge in [-0.2, -0.15) is 0 Å². The van der Waals surface area contributed by atoms with E-state index in [1.807, 2.05) is 45.0 Å². The van der Waals surface area contributed by atoms with E-state index in [9.17, 15) is 14.9 Å². The second kappa shape index (κ2) is 7.98. The van der Waals surface area contributed by atoms with Crippen molar-refractivity contribution in [1.82, 2.24) is 5.32 Å². The van der Waals surface area contributed by atoms with E-state index in [1.54, 1.807) is 0 Å². The van der Waals surface area contributed by atoms with Crippen LogP contribution in [0.4, 0.5) is 5.69 Å². The van der Waals surface area contributed by atoms with Gasteiger partial charge in [0.05, 0.1) is 27.7 Å². The molecule has 0 aromatic heterocycles. The molecule has 7 heteroatoms. The van der Waals surface area contributed by atoms with E-state index in [0.717, 1.165) is 5.56 Å². The molecule has 2 aromatic rings. The van der Waals surface area contributed by atoms with Crippen LogP contribution in [0, 0.1) is 10.1 Å². The van der Waals surface area contributed by atoms with E-state index < -0.39 is 10.8 Å². The predicted octanol–water partition coefficient (Wildman–Crippen LogP) is 4.53. The Morgan fingerprint density at radius 1 is 1.20 bits per heavy atom. The van der Waals surface area contributed by atoms with Crippen molar-refractivity contribution in [3.8, 4) is 5.75 Å². The molecule has 0 spiro atoms. The highest BCUT2D eigenvalue weighted by Gasteiger charge is 2.18. The summed E-state index contributed by atoms with van der Waals surface area (Å²) in [5, 5.41) is 13.8. The van der Waals surface area contributed by atoms with Crippen LogP contribution in [0.2, 0.25) is 5.02 Å². The number of nitrogens with zero attached hydrogens (tertiary/aromatic N) is 1. The van der Waals surface area contributed by atoms with Gasteiger partial charge in [-0.15, -0.1) is 0 Å². The lowest BCUT2D eigenvalue weighted by Gasteiger charge is -2.17. The number of halogens is 1. The van der Waals surface area contributed by atoms with Crippen LogP contribution < -0.4 is 10.1 Å². The van der Waals surface area contributed by atoms with Crippen molar-refractivity contribution in [2.24, 2.45) is 0 Å². The Hall–Kier alpha value is -2.60. The lowest BCUT2D eigenvalue weighted by atomic mass is 10.1. The van der Waals surface area contributed by atoms with Crippen molar-refractivity contribution in [2.75, 3.05) is 0 Å². The molecular formula is C18H19ClN2O4. The molecule has 0 saturated heterocycles. The van der Waals surface area contributed by atoms with Gasteiger partial charge in [0, 0.05) is 12.1 Å². The van der Waals surface area contributed by atoms with E-state index >= 15 is 0 Å². The van der Waals surface area contributed by atoms with E-state index in [4.69, 9.17) is 16.3 Å². The smallest absolute Gasteiger partial charge is 0.270 e. The van der Waals surface area contributed by atoms with Crippen molar-refractivity contribution in [3.05, 3.63) is 68.7 Å². The van der Waals surface area contributed by atoms with Crippen LogP contribution in [0.3, 0.4) is 0 Å². The molecule has 0 fully saturated rings. The first-order valence-electron chi connectivity index (χ1n) is 7.79. The van der Waals surface area contributed by atoms with E-state index in [0.29, 0.717) is 5.75 Å². The fourth-order valence-electron chi connectivity index (χ4n) is 2.29. The highest BCUT2D eigenvalue weighted by Crippen LogP contribution is 2.24. The third kappa shape index (κ3) is 4.93. The van der Waals surface area contributed by atoms with E-state index in [1.165, 1.54) is 18.2 Å². The number of rotatable bonds is 6. The van der Waals surface area contributed by atoms with Crippen molar-refractivity contribution >= 4 is 23.2 Å². The molecule has 0 radical (unpaired) electrons. The molecule has 2 rings (SSSR count). The summed E-state index contributed by atoms with van der Waals surface area (Å²) in [4.78, 5) is 22.7. The second-order valence-corrected chi connectivity index (χ2v) is 6.26. The zero-order chi connectivity index (χ0) is 18.6. The van der Waals surface area contributed by atoms with Crippen LogP contribution >= 0.6 is 11.6 Å². The van der Waals surface area contributed by atoms with Crippen LogP contribution in [0.15, 0.2) is 42.5 Å². The van der Waals surface area contributed by atoms with Gasteiger partial charge in [0.15, 0.2) is 0 Å². The maximum Gasteiger partial charge on any atom is 0.270 e. The zero-order valence-corrected chi connectivity index (χ0v) is 14.9. The number of hydrogen-bond acceptors (Lipinski definition) is 4. The third-order valence-corrected chi connectivity index (χ3v) is 3.81. The molecule has 25 heavy (non-hydrogen) atoms. The summed E-state index contributed by atoms with van der Waals surface area (Å²) in [5.74, 6) is 0.235. The summed E-state index contributed by atoms with van der Waals surface area (Å²) in [6, 6.07) is 10.9. The highest BCUT2D eigenvalue weighted by atomic mass is 35.5. The van der Waals surface area contributed by atoms with Gasteiger partial charge in [-0.25, -0.2) is 0 Å². The molecule has 1 N–H and O–H groups in total. The standard InChI is InChI=1S/C18H19ClN2O4/c1-11(2)25-15-6-4-5-13(9-15)12(3)20-18(22)16-10-14(21(23)24)7-8-17(16)19/h4-12H,1-3H3,(H,20,22). The summed E-state index contributed by atoms with van der Waals surface area (Å²) in [6.45, 7) is 5.68. The second-order valence-electron chi connectivity index (χ2n) is 5.86. The summed E-state index contributed by atoms with van der Waals surface area (Å²) in [7, 11) is 0. The van der Waals surface area contributed by atoms with Crippen molar-refractivity contribution < 1.29 is 14.5 Å². The number of nitro groups is 1. The van der Waals surface area contributed by atoms with E-state index in [2.05, 4.69) is 5.32 Å². The fourth-order valence-corrected chi connectivity index (χ4v) is 2.49. The Morgan fingerprint density at radius 3 is 2.56 bits per heavy atom. The maximum absolute atomic E-state index is 12.4. The van der Waals surface area contributed by atoms with Crippen molar-refractivity contribution in [3.63, 3.8) is 0 Å². The summed E-state index contributed by atoms with van der Waals surface area (Å²) < 4.78 is 5.65. The number of nitrogens with one attached hydrogen (secondary N) is 1. The van der Waals surface area contributed by atoms with Crippen LogP contribution in [0.25, 0.3) is 0 Å². The van der Waals surface area contributed by atoms with Gasteiger partial charge >= 0.3 is 0 Å². The fraction of sp³-hybridized carbons (Fsp3) is 0.278. The molecule has 0 aliphatic heterocycles. The van der Waals surface area contributed by atoms with Crippen molar-refractivity contribution in [1.29, 1.82) is 0 Å². The van der Waals surface area contributed by atoms with E-state index in [-0.39, 0.29) is 28.4 Å². The Kier molecular flexibility index (Phi) is 5.98. The molecule has 6 nitrogen and oxygen atoms in total. The Morgan fingerprint density at radius 2 is 1.92 bits per heavy atom. The number of non-ortho nitro benzene ring substituents is 1. The largest absolute Gasteiger partial charge is 0.491 e. The molecule has 0 aliphatic carbocycles. The minimum atomic E-state index is -0.566. The first-order valence-corrected chi connectivity index (χ1v) is 8.17. The first kappa shape index (κ1) is 18.7. The summed E-state index contributed by atoms with van der Waals surface area (Å²) in [5.41, 5.74) is 0.736. The highest BCUT2D eigenvalue weighted by molar-refractivity contribution is 6.33. The third-order valence-electron chi connectivity index (χ3n) is 3.48. The molecule has 1 amide bonds. The molecule has 1 atom stereocenters. The molecule has 0 heterocycles. The molecule has 0 aliphatic rings. The summed E-state index contributed by atoms with van der Waals surface area (Å²) >= 11 is 6.00. The number of carbonyl (C=O) groups is 1. The van der Waals surface area contributed by atoms with Gasteiger partial charge < -0.3 is 10.1 Å². The lowest BCUT2D eigenvalue weighted by Crippen LogP contribution is -2.27. The molecule has 132 valence electrons. The number of nitro benzene ring substituents is 1. The molecule has 2 aromatic carbocycles. The topological polar surface area (TPSA) is 81.5 Å². The minimum Gasteiger partial charge on any atom is -0.491 e. The average Bonchev–Trinajstić information content (AvgIpc) is 2.54. The SMILES string of the molecule is CC(C)Oc1cccc(C(C)NC(=O)c2cc([N+](=O)[O-])ccc2Cl)c1. The monoisotopic (exact) mass is 362 g/mol. The normalized spacial score (nSPS) is 11.9. The summed E-state index contributed by atoms with van der Waals surface area (Å²) in [6.07, 6.45) is 0.0452. The number of carbonyl (C=O) groups excluding carboxylic acids is 1. The molecule has 0 bridgehead atoms. The molecular weight excluding hydrogens is 344 g/mol. The molecule has 1 unspecified atom stereocenters. The van der Waals surface area contributed by atoms with Crippen molar-refractivity contribution in [2.45, 2.75) is 32.9 Å². The zero-order valence-electron chi connectivity index (χ0n) is 14.2.